The molecule has 2 aromatic carbocycles. The van der Waals surface area contributed by atoms with E-state index in [-0.39, 0.29) is 11.1 Å². The zero-order chi connectivity index (χ0) is 21.8. The minimum atomic E-state index is -4.48. The maximum absolute atomic E-state index is 13.2. The average Bonchev–Trinajstić information content (AvgIpc) is 3.25. The van der Waals surface area contributed by atoms with Gasteiger partial charge in [0.05, 0.1) is 11.1 Å². The van der Waals surface area contributed by atoms with Gasteiger partial charge in [-0.2, -0.15) is 13.2 Å². The van der Waals surface area contributed by atoms with Crippen molar-refractivity contribution in [2.24, 2.45) is 0 Å². The molecular formula is C25H20F3NO2. The van der Waals surface area contributed by atoms with Gasteiger partial charge in [-0.05, 0) is 56.0 Å². The molecule has 5 rings (SSSR count). The molecule has 0 saturated carbocycles. The van der Waals surface area contributed by atoms with Crippen LogP contribution >= 0.6 is 0 Å². The van der Waals surface area contributed by atoms with Gasteiger partial charge in [-0.1, -0.05) is 29.8 Å². The summed E-state index contributed by atoms with van der Waals surface area (Å²) < 4.78 is 45.9. The van der Waals surface area contributed by atoms with Gasteiger partial charge < -0.3 is 9.73 Å². The maximum Gasteiger partial charge on any atom is 0.416 e. The molecule has 1 aliphatic carbocycles. The monoisotopic (exact) mass is 423 g/mol. The smallest absolute Gasteiger partial charge is 0.416 e. The van der Waals surface area contributed by atoms with Gasteiger partial charge in [0.25, 0.3) is 5.91 Å². The Bertz CT molecular complexity index is 1220. The molecular weight excluding hydrogens is 403 g/mol. The number of carbonyl (C=O) groups is 1. The third kappa shape index (κ3) is 3.46. The van der Waals surface area contributed by atoms with E-state index < -0.39 is 17.6 Å². The third-order valence-electron chi connectivity index (χ3n) is 5.94. The Labute approximate surface area is 177 Å². The lowest BCUT2D eigenvalue weighted by Gasteiger charge is -2.11. The molecule has 0 atom stereocenters. The van der Waals surface area contributed by atoms with Crippen LogP contribution in [-0.4, -0.2) is 5.91 Å². The van der Waals surface area contributed by atoms with Gasteiger partial charge in [0.15, 0.2) is 0 Å². The molecule has 6 heteroatoms. The number of rotatable bonds is 2. The number of alkyl halides is 3. The first-order valence-electron chi connectivity index (χ1n) is 10.3. The maximum atomic E-state index is 13.2. The highest BCUT2D eigenvalue weighted by molar-refractivity contribution is 6.35. The molecule has 2 aliphatic rings. The zero-order valence-corrected chi connectivity index (χ0v) is 16.9. The summed E-state index contributed by atoms with van der Waals surface area (Å²) in [5.41, 5.74) is 4.17. The molecule has 1 N–H and O–H groups in total. The van der Waals surface area contributed by atoms with E-state index in [1.165, 1.54) is 6.07 Å². The van der Waals surface area contributed by atoms with Crippen LogP contribution in [-0.2, 0) is 23.8 Å². The number of aryl methyl sites for hydroxylation is 2. The normalized spacial score (nSPS) is 16.9. The van der Waals surface area contributed by atoms with Crippen molar-refractivity contribution in [2.75, 3.05) is 5.32 Å². The van der Waals surface area contributed by atoms with Crippen LogP contribution < -0.4 is 5.32 Å². The minimum Gasteiger partial charge on any atom is -0.461 e. The topological polar surface area (TPSA) is 42.2 Å². The molecule has 2 heterocycles. The van der Waals surface area contributed by atoms with E-state index in [1.807, 2.05) is 31.2 Å². The number of benzene rings is 2. The van der Waals surface area contributed by atoms with Crippen LogP contribution in [0.4, 0.5) is 18.9 Å². The summed E-state index contributed by atoms with van der Waals surface area (Å²) in [4.78, 5) is 12.6. The largest absolute Gasteiger partial charge is 0.461 e. The summed E-state index contributed by atoms with van der Waals surface area (Å²) in [6, 6.07) is 11.4. The van der Waals surface area contributed by atoms with E-state index >= 15 is 0 Å². The molecule has 0 saturated heterocycles. The average molecular weight is 423 g/mol. The molecule has 1 aromatic heterocycles. The first-order chi connectivity index (χ1) is 14.8. The van der Waals surface area contributed by atoms with Crippen LogP contribution in [0.5, 0.6) is 0 Å². The highest BCUT2D eigenvalue weighted by atomic mass is 19.4. The molecule has 1 amide bonds. The van der Waals surface area contributed by atoms with Gasteiger partial charge in [0.1, 0.15) is 11.5 Å². The van der Waals surface area contributed by atoms with Crippen LogP contribution in [0.1, 0.15) is 46.6 Å². The second-order valence-corrected chi connectivity index (χ2v) is 8.09. The summed E-state index contributed by atoms with van der Waals surface area (Å²) >= 11 is 0. The van der Waals surface area contributed by atoms with E-state index in [2.05, 4.69) is 5.32 Å². The third-order valence-corrected chi connectivity index (χ3v) is 5.94. The van der Waals surface area contributed by atoms with Crippen LogP contribution in [0.15, 0.2) is 46.9 Å². The number of fused-ring (bicyclic) bond motifs is 2. The van der Waals surface area contributed by atoms with Gasteiger partial charge in [0.2, 0.25) is 0 Å². The number of amides is 1. The first-order valence-corrected chi connectivity index (χ1v) is 10.3. The second kappa shape index (κ2) is 7.15. The number of anilines is 1. The number of hydrogen-bond acceptors (Lipinski definition) is 2. The Morgan fingerprint density at radius 2 is 1.77 bits per heavy atom. The van der Waals surface area contributed by atoms with Crippen molar-refractivity contribution in [1.29, 1.82) is 0 Å². The fourth-order valence-electron chi connectivity index (χ4n) is 4.36. The van der Waals surface area contributed by atoms with Gasteiger partial charge in [-0.15, -0.1) is 0 Å². The summed E-state index contributed by atoms with van der Waals surface area (Å²) in [5, 5.41) is 2.66. The van der Waals surface area contributed by atoms with Gasteiger partial charge in [-0.3, -0.25) is 4.79 Å². The van der Waals surface area contributed by atoms with Crippen molar-refractivity contribution in [2.45, 2.75) is 38.8 Å². The SMILES string of the molecule is Cc1ccc(-c2c(C=C3C(=O)Nc4ccc(C(F)(F)F)cc43)oc3c2CCCC3)cc1. The van der Waals surface area contributed by atoms with Crippen LogP contribution in [0.3, 0.4) is 0 Å². The molecule has 0 fully saturated rings. The molecule has 0 radical (unpaired) electrons. The molecule has 3 nitrogen and oxygen atoms in total. The fourth-order valence-corrected chi connectivity index (χ4v) is 4.36. The molecule has 158 valence electrons. The number of halogens is 3. The second-order valence-electron chi connectivity index (χ2n) is 8.09. The standard InChI is InChI=1S/C25H20F3NO2/c1-14-6-8-15(9-7-14)23-17-4-2-3-5-21(17)31-22(23)13-19-18-12-16(25(26,27)28)10-11-20(18)29-24(19)30/h6-13H,2-5H2,1H3,(H,29,30). The van der Waals surface area contributed by atoms with Crippen LogP contribution in [0, 0.1) is 6.92 Å². The predicted molar refractivity (Wildman–Crippen MR) is 113 cm³/mol. The summed E-state index contributed by atoms with van der Waals surface area (Å²) in [6.45, 7) is 2.01. The predicted octanol–water partition coefficient (Wildman–Crippen LogP) is 6.65. The lowest BCUT2D eigenvalue weighted by atomic mass is 9.90. The highest BCUT2D eigenvalue weighted by Gasteiger charge is 2.34. The molecule has 3 aromatic rings. The zero-order valence-electron chi connectivity index (χ0n) is 16.9. The first kappa shape index (κ1) is 19.7. The lowest BCUT2D eigenvalue weighted by Crippen LogP contribution is -2.04. The van der Waals surface area contributed by atoms with E-state index in [1.54, 1.807) is 6.08 Å². The van der Waals surface area contributed by atoms with E-state index in [4.69, 9.17) is 4.42 Å². The van der Waals surface area contributed by atoms with Crippen molar-refractivity contribution < 1.29 is 22.4 Å². The Balaban J connectivity index is 1.68. The number of furan rings is 1. The Hall–Kier alpha value is -3.28. The lowest BCUT2D eigenvalue weighted by molar-refractivity contribution is -0.137. The van der Waals surface area contributed by atoms with E-state index in [0.29, 0.717) is 11.4 Å². The summed E-state index contributed by atoms with van der Waals surface area (Å²) in [5.74, 6) is 0.987. The highest BCUT2D eigenvalue weighted by Crippen LogP contribution is 2.42. The van der Waals surface area contributed by atoms with Crippen molar-refractivity contribution >= 4 is 23.2 Å². The van der Waals surface area contributed by atoms with Crippen molar-refractivity contribution in [3.05, 3.63) is 76.2 Å². The van der Waals surface area contributed by atoms with E-state index in [0.717, 1.165) is 65.8 Å². The van der Waals surface area contributed by atoms with Gasteiger partial charge >= 0.3 is 6.18 Å². The van der Waals surface area contributed by atoms with Gasteiger partial charge in [-0.25, -0.2) is 0 Å². The van der Waals surface area contributed by atoms with Crippen molar-refractivity contribution in [3.8, 4) is 11.1 Å². The molecule has 0 spiro atoms. The number of nitrogens with one attached hydrogen (secondary N) is 1. The van der Waals surface area contributed by atoms with Crippen LogP contribution in [0.25, 0.3) is 22.8 Å². The van der Waals surface area contributed by atoms with E-state index in [9.17, 15) is 18.0 Å². The Morgan fingerprint density at radius 1 is 1.03 bits per heavy atom. The molecule has 0 bridgehead atoms. The molecule has 31 heavy (non-hydrogen) atoms. The number of hydrogen-bond donors (Lipinski definition) is 1. The fraction of sp³-hybridized carbons (Fsp3) is 0.240. The summed E-state index contributed by atoms with van der Waals surface area (Å²) in [6.07, 6.45) is 0.893. The van der Waals surface area contributed by atoms with Crippen LogP contribution in [0.2, 0.25) is 0 Å². The number of carbonyl (C=O) groups excluding carboxylic acids is 1. The van der Waals surface area contributed by atoms with Crippen molar-refractivity contribution in [3.63, 3.8) is 0 Å². The molecule has 1 aliphatic heterocycles. The van der Waals surface area contributed by atoms with Crippen molar-refractivity contribution in [1.82, 2.24) is 0 Å². The summed E-state index contributed by atoms with van der Waals surface area (Å²) in [7, 11) is 0. The quantitative estimate of drug-likeness (QED) is 0.469. The van der Waals surface area contributed by atoms with Gasteiger partial charge in [0, 0.05) is 28.8 Å². The molecule has 0 unspecified atom stereocenters. The Kier molecular flexibility index (Phi) is 4.54. The minimum absolute atomic E-state index is 0.181. The Morgan fingerprint density at radius 3 is 2.52 bits per heavy atom.